The highest BCUT2D eigenvalue weighted by atomic mass is 32.1. The highest BCUT2D eigenvalue weighted by Gasteiger charge is 2.23. The second-order valence-electron chi connectivity index (χ2n) is 6.32. The van der Waals surface area contributed by atoms with E-state index in [2.05, 4.69) is 51.2 Å². The second kappa shape index (κ2) is 4.43. The van der Waals surface area contributed by atoms with Crippen molar-refractivity contribution in [3.05, 3.63) is 39.2 Å². The predicted octanol–water partition coefficient (Wildman–Crippen LogP) is 3.91. The van der Waals surface area contributed by atoms with Gasteiger partial charge in [-0.25, -0.2) is 4.98 Å². The lowest BCUT2D eigenvalue weighted by Gasteiger charge is -2.19. The molecule has 100 valence electrons. The molecule has 0 bridgehead atoms. The molecule has 0 fully saturated rings. The van der Waals surface area contributed by atoms with E-state index in [4.69, 9.17) is 4.98 Å². The summed E-state index contributed by atoms with van der Waals surface area (Å²) in [5, 5.41) is 4.71. The number of nitrogens with zero attached hydrogens (tertiary/aromatic N) is 1. The Morgan fingerprint density at radius 1 is 1.32 bits per heavy atom. The van der Waals surface area contributed by atoms with Gasteiger partial charge in [-0.15, -0.1) is 11.3 Å². The molecule has 0 unspecified atom stereocenters. The van der Waals surface area contributed by atoms with E-state index in [9.17, 15) is 0 Å². The van der Waals surface area contributed by atoms with Crippen LogP contribution in [0, 0.1) is 6.92 Å². The number of nitrogens with one attached hydrogen (secondary N) is 1. The van der Waals surface area contributed by atoms with Gasteiger partial charge in [-0.3, -0.25) is 0 Å². The molecule has 0 radical (unpaired) electrons. The van der Waals surface area contributed by atoms with Gasteiger partial charge in [0, 0.05) is 28.9 Å². The minimum absolute atomic E-state index is 0.143. The van der Waals surface area contributed by atoms with Gasteiger partial charge < -0.3 is 5.32 Å². The van der Waals surface area contributed by atoms with Crippen molar-refractivity contribution in [3.8, 4) is 11.3 Å². The molecule has 2 aromatic rings. The number of benzene rings is 1. The lowest BCUT2D eigenvalue weighted by molar-refractivity contribution is 0.424. The van der Waals surface area contributed by atoms with E-state index in [1.807, 2.05) is 11.3 Å². The minimum Gasteiger partial charge on any atom is -0.306 e. The third-order valence-electron chi connectivity index (χ3n) is 3.38. The smallest absolute Gasteiger partial charge is 0.107 e. The number of fused-ring (bicyclic) bond motifs is 3. The molecule has 0 saturated heterocycles. The Balaban J connectivity index is 1.87. The Morgan fingerprint density at radius 3 is 2.84 bits per heavy atom. The van der Waals surface area contributed by atoms with Gasteiger partial charge in [-0.05, 0) is 39.3 Å². The fraction of sp³-hybridized carbons (Fsp3) is 0.438. The zero-order chi connectivity index (χ0) is 13.6. The van der Waals surface area contributed by atoms with Crippen LogP contribution in [0.5, 0.6) is 0 Å². The fourth-order valence-electron chi connectivity index (χ4n) is 2.38. The maximum Gasteiger partial charge on any atom is 0.107 e. The Morgan fingerprint density at radius 2 is 2.11 bits per heavy atom. The van der Waals surface area contributed by atoms with E-state index in [0.717, 1.165) is 13.0 Å². The SMILES string of the molecule is Cc1ccc2c(c1)-c1nc(CNC(C)(C)C)sc1C2. The van der Waals surface area contributed by atoms with Crippen LogP contribution in [0.25, 0.3) is 11.3 Å². The van der Waals surface area contributed by atoms with Crippen molar-refractivity contribution in [1.29, 1.82) is 0 Å². The lowest BCUT2D eigenvalue weighted by Crippen LogP contribution is -2.35. The molecule has 3 heteroatoms. The number of hydrogen-bond acceptors (Lipinski definition) is 3. The van der Waals surface area contributed by atoms with Gasteiger partial charge in [0.2, 0.25) is 0 Å². The maximum absolute atomic E-state index is 4.83. The summed E-state index contributed by atoms with van der Waals surface area (Å²) in [7, 11) is 0. The van der Waals surface area contributed by atoms with Crippen molar-refractivity contribution in [2.45, 2.75) is 46.2 Å². The second-order valence-corrected chi connectivity index (χ2v) is 7.49. The first kappa shape index (κ1) is 12.8. The summed E-state index contributed by atoms with van der Waals surface area (Å²) >= 11 is 1.85. The highest BCUT2D eigenvalue weighted by Crippen LogP contribution is 2.39. The molecule has 0 amide bonds. The zero-order valence-electron chi connectivity index (χ0n) is 12.0. The van der Waals surface area contributed by atoms with Crippen LogP contribution in [0.3, 0.4) is 0 Å². The van der Waals surface area contributed by atoms with Gasteiger partial charge in [0.25, 0.3) is 0 Å². The van der Waals surface area contributed by atoms with Crippen LogP contribution in [-0.4, -0.2) is 10.5 Å². The minimum atomic E-state index is 0.143. The van der Waals surface area contributed by atoms with Crippen LogP contribution >= 0.6 is 11.3 Å². The molecule has 1 heterocycles. The van der Waals surface area contributed by atoms with Crippen molar-refractivity contribution in [2.75, 3.05) is 0 Å². The van der Waals surface area contributed by atoms with Gasteiger partial charge in [-0.2, -0.15) is 0 Å². The molecule has 0 aliphatic heterocycles. The van der Waals surface area contributed by atoms with Crippen LogP contribution in [0.4, 0.5) is 0 Å². The summed E-state index contributed by atoms with van der Waals surface area (Å²) in [4.78, 5) is 6.25. The molecule has 1 aromatic carbocycles. The number of thiazole rings is 1. The van der Waals surface area contributed by atoms with Gasteiger partial charge >= 0.3 is 0 Å². The standard InChI is InChI=1S/C16H20N2S/c1-10-5-6-11-8-13-15(12(11)7-10)18-14(19-13)9-17-16(2,3)4/h5-7,17H,8-9H2,1-4H3. The van der Waals surface area contributed by atoms with Crippen LogP contribution in [0.15, 0.2) is 18.2 Å². The molecule has 19 heavy (non-hydrogen) atoms. The third kappa shape index (κ3) is 2.58. The summed E-state index contributed by atoms with van der Waals surface area (Å²) in [6.45, 7) is 9.57. The molecule has 1 N–H and O–H groups in total. The van der Waals surface area contributed by atoms with E-state index >= 15 is 0 Å². The van der Waals surface area contributed by atoms with Gasteiger partial charge in [-0.1, -0.05) is 17.7 Å². The quantitative estimate of drug-likeness (QED) is 0.765. The van der Waals surface area contributed by atoms with E-state index in [0.29, 0.717) is 0 Å². The first-order chi connectivity index (χ1) is 8.92. The Labute approximate surface area is 118 Å². The lowest BCUT2D eigenvalue weighted by atomic mass is 10.1. The predicted molar refractivity (Wildman–Crippen MR) is 81.7 cm³/mol. The van der Waals surface area contributed by atoms with Gasteiger partial charge in [0.1, 0.15) is 5.01 Å². The number of rotatable bonds is 2. The summed E-state index contributed by atoms with van der Waals surface area (Å²) < 4.78 is 0. The van der Waals surface area contributed by atoms with E-state index in [1.165, 1.54) is 32.3 Å². The van der Waals surface area contributed by atoms with Crippen molar-refractivity contribution in [2.24, 2.45) is 0 Å². The molecule has 1 aromatic heterocycles. The molecule has 0 atom stereocenters. The topological polar surface area (TPSA) is 24.9 Å². The first-order valence-corrected chi connectivity index (χ1v) is 7.57. The Bertz CT molecular complexity index is 620. The molecule has 0 saturated carbocycles. The monoisotopic (exact) mass is 272 g/mol. The summed E-state index contributed by atoms with van der Waals surface area (Å²) in [6.07, 6.45) is 1.05. The number of hydrogen-bond donors (Lipinski definition) is 1. The van der Waals surface area contributed by atoms with Crippen LogP contribution in [0.1, 0.15) is 41.8 Å². The average Bonchev–Trinajstić information content (AvgIpc) is 2.83. The van der Waals surface area contributed by atoms with Crippen molar-refractivity contribution in [1.82, 2.24) is 10.3 Å². The molecular formula is C16H20N2S. The fourth-order valence-corrected chi connectivity index (χ4v) is 3.43. The first-order valence-electron chi connectivity index (χ1n) is 6.76. The van der Waals surface area contributed by atoms with Crippen LogP contribution in [0.2, 0.25) is 0 Å². The van der Waals surface area contributed by atoms with Crippen LogP contribution < -0.4 is 5.32 Å². The average molecular weight is 272 g/mol. The van der Waals surface area contributed by atoms with Crippen molar-refractivity contribution >= 4 is 11.3 Å². The third-order valence-corrected chi connectivity index (χ3v) is 4.44. The van der Waals surface area contributed by atoms with Crippen molar-refractivity contribution < 1.29 is 0 Å². The Kier molecular flexibility index (Phi) is 2.99. The van der Waals surface area contributed by atoms with E-state index in [-0.39, 0.29) is 5.54 Å². The van der Waals surface area contributed by atoms with E-state index in [1.54, 1.807) is 0 Å². The molecular weight excluding hydrogens is 252 g/mol. The van der Waals surface area contributed by atoms with Gasteiger partial charge in [0.05, 0.1) is 5.69 Å². The summed E-state index contributed by atoms with van der Waals surface area (Å²) in [6, 6.07) is 6.70. The largest absolute Gasteiger partial charge is 0.306 e. The molecule has 2 nitrogen and oxygen atoms in total. The van der Waals surface area contributed by atoms with E-state index < -0.39 is 0 Å². The normalized spacial score (nSPS) is 13.5. The van der Waals surface area contributed by atoms with Gasteiger partial charge in [0.15, 0.2) is 0 Å². The van der Waals surface area contributed by atoms with Crippen LogP contribution in [-0.2, 0) is 13.0 Å². The summed E-state index contributed by atoms with van der Waals surface area (Å²) in [5.41, 5.74) is 5.44. The summed E-state index contributed by atoms with van der Waals surface area (Å²) in [5.74, 6) is 0. The number of aryl methyl sites for hydroxylation is 1. The molecule has 3 rings (SSSR count). The Hall–Kier alpha value is -1.19. The highest BCUT2D eigenvalue weighted by molar-refractivity contribution is 7.12. The maximum atomic E-state index is 4.83. The molecule has 0 spiro atoms. The molecule has 1 aliphatic rings. The molecule has 1 aliphatic carbocycles. The van der Waals surface area contributed by atoms with Crippen molar-refractivity contribution in [3.63, 3.8) is 0 Å². The number of aromatic nitrogens is 1. The zero-order valence-corrected chi connectivity index (χ0v) is 12.8.